The van der Waals surface area contributed by atoms with Crippen LogP contribution in [0.1, 0.15) is 213 Å². The normalized spacial score (nSPS) is 13.3. The molecule has 0 bridgehead atoms. The summed E-state index contributed by atoms with van der Waals surface area (Å²) in [4.78, 5) is 36.8. The lowest BCUT2D eigenvalue weighted by Crippen LogP contribution is -2.44. The summed E-state index contributed by atoms with van der Waals surface area (Å²) in [6, 6.07) is 0. The topological polar surface area (TPSA) is 111 Å². The van der Waals surface area contributed by atoms with Gasteiger partial charge in [0.05, 0.1) is 40.3 Å². The number of rotatable bonds is 47. The van der Waals surface area contributed by atoms with E-state index in [1.165, 1.54) is 109 Å². The molecule has 0 aliphatic rings. The molecule has 0 aliphatic heterocycles. The number of quaternary nitrogens is 1. The highest BCUT2D eigenvalue weighted by Gasteiger charge is 2.22. The van der Waals surface area contributed by atoms with Gasteiger partial charge in [0.25, 0.3) is 0 Å². The first-order valence-corrected chi connectivity index (χ1v) is 25.9. The Hall–Kier alpha value is -3.01. The van der Waals surface area contributed by atoms with Crippen molar-refractivity contribution >= 4 is 17.9 Å². The maximum Gasteiger partial charge on any atom is 0.306 e. The fraction of sp³-hybridized carbons (Fsp3) is 0.764. The van der Waals surface area contributed by atoms with Crippen LogP contribution in [0.5, 0.6) is 0 Å². The van der Waals surface area contributed by atoms with E-state index in [2.05, 4.69) is 74.6 Å². The first-order valence-electron chi connectivity index (χ1n) is 25.9. The van der Waals surface area contributed by atoms with Crippen molar-refractivity contribution in [3.05, 3.63) is 60.8 Å². The quantitative estimate of drug-likeness (QED) is 0.0195. The maximum absolute atomic E-state index is 12.7. The molecule has 0 saturated carbocycles. The van der Waals surface area contributed by atoms with Gasteiger partial charge in [-0.15, -0.1) is 0 Å². The van der Waals surface area contributed by atoms with Gasteiger partial charge < -0.3 is 33.3 Å². The molecule has 0 N–H and O–H groups in total. The van der Waals surface area contributed by atoms with Crippen LogP contribution in [0.4, 0.5) is 0 Å². The van der Waals surface area contributed by atoms with Gasteiger partial charge in [-0.2, -0.15) is 0 Å². The molecule has 0 aliphatic carbocycles. The molecular formula is C55H97NO8. The van der Waals surface area contributed by atoms with Crippen LogP contribution in [0.2, 0.25) is 0 Å². The van der Waals surface area contributed by atoms with Crippen molar-refractivity contribution < 1.29 is 42.9 Å². The average molecular weight is 900 g/mol. The number of hydrogen-bond donors (Lipinski definition) is 0. The van der Waals surface area contributed by atoms with Crippen LogP contribution in [0.25, 0.3) is 0 Å². The zero-order valence-corrected chi connectivity index (χ0v) is 41.9. The summed E-state index contributed by atoms with van der Waals surface area (Å²) >= 11 is 0. The van der Waals surface area contributed by atoms with Gasteiger partial charge in [-0.05, 0) is 57.8 Å². The SMILES string of the molecule is CC/C=C\C/C=C\C/C=C\C/C=C\C/C=C\CCCCCCCCCCCCCCCCCCCC(=O)OC(COC(=O)CCCCCCCC)COC(OCC[N+](C)(C)C)C(=O)[O-]. The summed E-state index contributed by atoms with van der Waals surface area (Å²) in [7, 11) is 5.90. The standard InChI is InChI=1S/C55H97NO8/c1-6-8-10-12-14-15-16-17-18-19-20-21-22-23-24-25-26-27-28-29-30-31-32-33-34-35-36-37-38-39-40-42-44-46-53(58)64-51(49-62-52(57)45-43-41-13-11-9-7-2)50-63-55(54(59)60)61-48-47-56(3,4)5/h8,10,14-15,17-18,20-21,23-24,51,55H,6-7,9,11-13,16,19,22,25-50H2,1-5H3/b10-8-,15-14-,18-17-,21-20-,24-23-. The average Bonchev–Trinajstić information content (AvgIpc) is 3.26. The number of hydrogen-bond acceptors (Lipinski definition) is 8. The molecule has 0 rings (SSSR count). The van der Waals surface area contributed by atoms with Crippen LogP contribution in [0.15, 0.2) is 60.8 Å². The number of unbranched alkanes of at least 4 members (excludes halogenated alkanes) is 22. The number of nitrogens with zero attached hydrogens (tertiary/aromatic N) is 1. The molecule has 0 fully saturated rings. The second-order valence-corrected chi connectivity index (χ2v) is 18.4. The Morgan fingerprint density at radius 3 is 1.33 bits per heavy atom. The first kappa shape index (κ1) is 61.0. The van der Waals surface area contributed by atoms with Crippen molar-refractivity contribution in [3.63, 3.8) is 0 Å². The Kier molecular flexibility index (Phi) is 44.3. The second kappa shape index (κ2) is 46.5. The fourth-order valence-electron chi connectivity index (χ4n) is 7.03. The summed E-state index contributed by atoms with van der Waals surface area (Å²) in [5, 5.41) is 11.7. The van der Waals surface area contributed by atoms with E-state index in [1.54, 1.807) is 0 Å². The van der Waals surface area contributed by atoms with E-state index in [0.29, 0.717) is 23.9 Å². The molecule has 370 valence electrons. The van der Waals surface area contributed by atoms with E-state index in [0.717, 1.165) is 70.6 Å². The number of likely N-dealkylation sites (N-methyl/N-ethyl adjacent to an activating group) is 1. The summed E-state index contributed by atoms with van der Waals surface area (Å²) in [5.74, 6) is -2.29. The van der Waals surface area contributed by atoms with E-state index in [4.69, 9.17) is 18.9 Å². The first-order chi connectivity index (χ1) is 31.1. The van der Waals surface area contributed by atoms with Gasteiger partial charge in [0.2, 0.25) is 0 Å². The Morgan fingerprint density at radius 1 is 0.484 bits per heavy atom. The third kappa shape index (κ3) is 47.0. The Labute approximate surface area is 393 Å². The van der Waals surface area contributed by atoms with Crippen LogP contribution in [-0.2, 0) is 33.3 Å². The number of carbonyl (C=O) groups is 3. The lowest BCUT2D eigenvalue weighted by atomic mass is 10.0. The molecule has 0 aromatic carbocycles. The molecule has 0 aromatic rings. The summed E-state index contributed by atoms with van der Waals surface area (Å²) in [6.45, 7) is 4.56. The van der Waals surface area contributed by atoms with Crippen LogP contribution in [0, 0.1) is 0 Å². The molecule has 0 aromatic heterocycles. The number of carboxylic acids is 1. The van der Waals surface area contributed by atoms with Gasteiger partial charge in [-0.25, -0.2) is 0 Å². The minimum absolute atomic E-state index is 0.148. The van der Waals surface area contributed by atoms with E-state index >= 15 is 0 Å². The van der Waals surface area contributed by atoms with E-state index in [-0.39, 0.29) is 32.2 Å². The van der Waals surface area contributed by atoms with Gasteiger partial charge in [-0.3, -0.25) is 9.59 Å². The Morgan fingerprint density at radius 2 is 0.891 bits per heavy atom. The van der Waals surface area contributed by atoms with Gasteiger partial charge in [0, 0.05) is 12.8 Å². The predicted molar refractivity (Wildman–Crippen MR) is 265 cm³/mol. The van der Waals surface area contributed by atoms with Crippen molar-refractivity contribution in [1.29, 1.82) is 0 Å². The smallest absolute Gasteiger partial charge is 0.306 e. The lowest BCUT2D eigenvalue weighted by Gasteiger charge is -2.26. The second-order valence-electron chi connectivity index (χ2n) is 18.4. The predicted octanol–water partition coefficient (Wildman–Crippen LogP) is 13.2. The number of carbonyl (C=O) groups excluding carboxylic acids is 3. The van der Waals surface area contributed by atoms with Gasteiger partial charge in [-0.1, -0.05) is 203 Å². The van der Waals surface area contributed by atoms with Crippen molar-refractivity contribution in [2.45, 2.75) is 225 Å². The highest BCUT2D eigenvalue weighted by molar-refractivity contribution is 5.70. The van der Waals surface area contributed by atoms with Gasteiger partial charge in [0.1, 0.15) is 13.2 Å². The molecule has 0 heterocycles. The maximum atomic E-state index is 12.7. The Balaban J connectivity index is 3.97. The molecule has 0 radical (unpaired) electrons. The molecule has 9 nitrogen and oxygen atoms in total. The minimum atomic E-state index is -1.62. The highest BCUT2D eigenvalue weighted by Crippen LogP contribution is 2.16. The van der Waals surface area contributed by atoms with E-state index in [1.807, 2.05) is 21.1 Å². The third-order valence-corrected chi connectivity index (χ3v) is 11.0. The molecule has 64 heavy (non-hydrogen) atoms. The van der Waals surface area contributed by atoms with Crippen LogP contribution >= 0.6 is 0 Å². The van der Waals surface area contributed by atoms with Crippen LogP contribution in [0.3, 0.4) is 0 Å². The highest BCUT2D eigenvalue weighted by atomic mass is 16.7. The molecule has 9 heteroatoms. The zero-order valence-electron chi connectivity index (χ0n) is 41.9. The fourth-order valence-corrected chi connectivity index (χ4v) is 7.03. The van der Waals surface area contributed by atoms with Crippen molar-refractivity contribution in [1.82, 2.24) is 0 Å². The molecule has 0 amide bonds. The molecular weight excluding hydrogens is 803 g/mol. The summed E-state index contributed by atoms with van der Waals surface area (Å²) in [5.41, 5.74) is 0. The number of esters is 2. The van der Waals surface area contributed by atoms with Crippen molar-refractivity contribution in [2.75, 3.05) is 47.5 Å². The van der Waals surface area contributed by atoms with Gasteiger partial charge >= 0.3 is 11.9 Å². The zero-order chi connectivity index (χ0) is 47.0. The molecule has 2 atom stereocenters. The lowest BCUT2D eigenvalue weighted by molar-refractivity contribution is -0.870. The van der Waals surface area contributed by atoms with E-state index < -0.39 is 24.3 Å². The number of aliphatic carboxylic acids is 1. The monoisotopic (exact) mass is 900 g/mol. The van der Waals surface area contributed by atoms with Crippen LogP contribution in [-0.4, -0.2) is 82.3 Å². The van der Waals surface area contributed by atoms with Gasteiger partial charge in [0.15, 0.2) is 12.4 Å². The largest absolute Gasteiger partial charge is 0.545 e. The minimum Gasteiger partial charge on any atom is -0.545 e. The van der Waals surface area contributed by atoms with Crippen molar-refractivity contribution in [3.8, 4) is 0 Å². The Bertz CT molecular complexity index is 1230. The summed E-state index contributed by atoms with van der Waals surface area (Å²) < 4.78 is 22.5. The number of ether oxygens (including phenoxy) is 4. The summed E-state index contributed by atoms with van der Waals surface area (Å²) in [6.07, 6.45) is 54.6. The number of carboxylic acid groups (broad SMARTS) is 1. The molecule has 0 spiro atoms. The van der Waals surface area contributed by atoms with Crippen LogP contribution < -0.4 is 5.11 Å². The van der Waals surface area contributed by atoms with E-state index in [9.17, 15) is 19.5 Å². The molecule has 0 saturated heterocycles. The number of allylic oxidation sites excluding steroid dienone is 10. The third-order valence-electron chi connectivity index (χ3n) is 11.0. The molecule has 2 unspecified atom stereocenters. The van der Waals surface area contributed by atoms with Crippen molar-refractivity contribution in [2.24, 2.45) is 0 Å².